The highest BCUT2D eigenvalue weighted by Gasteiger charge is 2.47. The molecule has 16 nitrogen and oxygen atoms in total. The van der Waals surface area contributed by atoms with Crippen LogP contribution in [-0.2, 0) is 14.2 Å². The third-order valence-electron chi connectivity index (χ3n) is 7.72. The average molecular weight is 639 g/mol. The first-order valence-electron chi connectivity index (χ1n) is 13.8. The van der Waals surface area contributed by atoms with Gasteiger partial charge in [-0.3, -0.25) is 4.79 Å². The van der Waals surface area contributed by atoms with Gasteiger partial charge in [0.1, 0.15) is 65.2 Å². The van der Waals surface area contributed by atoms with E-state index in [1.165, 1.54) is 51.5 Å². The first kappa shape index (κ1) is 32.7. The lowest BCUT2D eigenvalue weighted by Gasteiger charge is -2.42. The fourth-order valence-electron chi connectivity index (χ4n) is 5.11. The topological polar surface area (TPSA) is 247 Å². The SMILES string of the molecule is COc1cc(O)c2c(=O)c(OC3O[C@H](COC4OC(C)C(O)C(O)C4O)C(O)C(O)C3O)c(-c3ccc(OC)c(O)c3)oc2c1. The Kier molecular flexibility index (Phi) is 9.41. The first-order chi connectivity index (χ1) is 21.4. The number of fused-ring (bicyclic) bond motifs is 1. The second-order valence-corrected chi connectivity index (χ2v) is 10.6. The molecule has 2 fully saturated rings. The predicted octanol–water partition coefficient (Wildman–Crippen LogP) is -1.08. The third-order valence-corrected chi connectivity index (χ3v) is 7.72. The Balaban J connectivity index is 1.50. The molecule has 2 aliphatic rings. The molecule has 0 saturated carbocycles. The summed E-state index contributed by atoms with van der Waals surface area (Å²) < 4.78 is 38.5. The van der Waals surface area contributed by atoms with Gasteiger partial charge in [0.05, 0.1) is 26.9 Å². The Morgan fingerprint density at radius 3 is 2.13 bits per heavy atom. The van der Waals surface area contributed by atoms with Gasteiger partial charge < -0.3 is 73.7 Å². The molecule has 0 spiro atoms. The maximum Gasteiger partial charge on any atom is 0.239 e. The van der Waals surface area contributed by atoms with Crippen molar-refractivity contribution >= 4 is 11.0 Å². The predicted molar refractivity (Wildman–Crippen MR) is 150 cm³/mol. The van der Waals surface area contributed by atoms with E-state index in [1.54, 1.807) is 0 Å². The standard InChI is InChI=1S/C29H34O16/c1-10-19(32)22(35)24(37)28(42-10)41-9-17-20(33)23(36)25(38)29(44-17)45-27-21(34)18-14(31)7-12(39-2)8-16(18)43-26(27)11-4-5-15(40-3)13(30)6-11/h4-8,10,17,19-20,22-25,28-33,35-38H,9H2,1-3H3/t10?,17-,19?,20?,22?,23?,24?,25?,28?,29?/m1/s1. The zero-order chi connectivity index (χ0) is 32.7. The van der Waals surface area contributed by atoms with Crippen LogP contribution in [0.15, 0.2) is 39.5 Å². The van der Waals surface area contributed by atoms with E-state index < -0.39 is 84.9 Å². The third kappa shape index (κ3) is 6.11. The number of phenols is 2. The molecule has 0 amide bonds. The lowest BCUT2D eigenvalue weighted by Crippen LogP contribution is -2.61. The number of aliphatic hydroxyl groups excluding tert-OH is 6. The van der Waals surface area contributed by atoms with E-state index in [2.05, 4.69) is 0 Å². The van der Waals surface area contributed by atoms with Crippen LogP contribution in [0.25, 0.3) is 22.3 Å². The summed E-state index contributed by atoms with van der Waals surface area (Å²) in [5, 5.41) is 82.9. The second-order valence-electron chi connectivity index (χ2n) is 10.6. The molecule has 1 aromatic heterocycles. The number of aromatic hydroxyl groups is 2. The van der Waals surface area contributed by atoms with Crippen molar-refractivity contribution in [3.8, 4) is 40.1 Å². The molecule has 3 heterocycles. The Hall–Kier alpha value is -3.71. The molecule has 0 bridgehead atoms. The molecular formula is C29H34O16. The summed E-state index contributed by atoms with van der Waals surface area (Å²) in [5.41, 5.74) is -0.936. The monoisotopic (exact) mass is 638 g/mol. The van der Waals surface area contributed by atoms with E-state index in [4.69, 9.17) is 32.8 Å². The zero-order valence-corrected chi connectivity index (χ0v) is 24.2. The van der Waals surface area contributed by atoms with Gasteiger partial charge in [-0.1, -0.05) is 0 Å². The molecule has 2 saturated heterocycles. The van der Waals surface area contributed by atoms with Crippen LogP contribution in [0.5, 0.6) is 28.7 Å². The van der Waals surface area contributed by atoms with Crippen LogP contribution in [0, 0.1) is 0 Å². The minimum Gasteiger partial charge on any atom is -0.507 e. The Labute approximate surface area is 254 Å². The molecule has 8 N–H and O–H groups in total. The lowest BCUT2D eigenvalue weighted by atomic mass is 9.98. The maximum absolute atomic E-state index is 13.8. The highest BCUT2D eigenvalue weighted by atomic mass is 16.7. The van der Waals surface area contributed by atoms with Crippen LogP contribution >= 0.6 is 0 Å². The van der Waals surface area contributed by atoms with Crippen molar-refractivity contribution in [2.45, 2.75) is 68.3 Å². The Morgan fingerprint density at radius 2 is 1.47 bits per heavy atom. The summed E-state index contributed by atoms with van der Waals surface area (Å²) in [7, 11) is 2.68. The van der Waals surface area contributed by atoms with Crippen molar-refractivity contribution in [2.24, 2.45) is 0 Å². The number of methoxy groups -OCH3 is 2. The van der Waals surface area contributed by atoms with Crippen LogP contribution < -0.4 is 19.6 Å². The van der Waals surface area contributed by atoms with Crippen LogP contribution in [0.4, 0.5) is 0 Å². The Bertz CT molecular complexity index is 1570. The number of rotatable bonds is 8. The van der Waals surface area contributed by atoms with E-state index in [0.29, 0.717) is 0 Å². The summed E-state index contributed by atoms with van der Waals surface area (Å²) in [5.74, 6) is -1.44. The molecule has 10 atom stereocenters. The highest BCUT2D eigenvalue weighted by molar-refractivity contribution is 5.88. The van der Waals surface area contributed by atoms with Gasteiger partial charge in [-0.05, 0) is 25.1 Å². The van der Waals surface area contributed by atoms with Gasteiger partial charge in [0.2, 0.25) is 17.5 Å². The summed E-state index contributed by atoms with van der Waals surface area (Å²) in [6.07, 6.45) is -15.9. The van der Waals surface area contributed by atoms with Gasteiger partial charge in [-0.15, -0.1) is 0 Å². The Morgan fingerprint density at radius 1 is 0.778 bits per heavy atom. The van der Waals surface area contributed by atoms with Crippen LogP contribution in [-0.4, -0.2) is 123 Å². The first-order valence-corrected chi connectivity index (χ1v) is 13.8. The van der Waals surface area contributed by atoms with Gasteiger partial charge >= 0.3 is 0 Å². The molecule has 16 heteroatoms. The number of ether oxygens (including phenoxy) is 6. The van der Waals surface area contributed by atoms with Crippen LogP contribution in [0.2, 0.25) is 0 Å². The van der Waals surface area contributed by atoms with Crippen LogP contribution in [0.1, 0.15) is 6.92 Å². The number of hydrogen-bond donors (Lipinski definition) is 8. The normalized spacial score (nSPS) is 31.9. The molecule has 3 aromatic rings. The molecule has 9 unspecified atom stereocenters. The minimum atomic E-state index is -1.93. The summed E-state index contributed by atoms with van der Waals surface area (Å²) in [6.45, 7) is 0.864. The largest absolute Gasteiger partial charge is 0.507 e. The molecule has 0 radical (unpaired) electrons. The lowest BCUT2D eigenvalue weighted by molar-refractivity contribution is -0.318. The summed E-state index contributed by atoms with van der Waals surface area (Å²) in [6, 6.07) is 6.54. The summed E-state index contributed by atoms with van der Waals surface area (Å²) in [4.78, 5) is 13.8. The molecule has 2 aromatic carbocycles. The molecule has 0 aliphatic carbocycles. The van der Waals surface area contributed by atoms with Crippen molar-refractivity contribution in [2.75, 3.05) is 20.8 Å². The fraction of sp³-hybridized carbons (Fsp3) is 0.483. The minimum absolute atomic E-state index is 0.105. The number of hydrogen-bond acceptors (Lipinski definition) is 16. The zero-order valence-electron chi connectivity index (χ0n) is 24.2. The fourth-order valence-corrected chi connectivity index (χ4v) is 5.11. The molecule has 246 valence electrons. The average Bonchev–Trinajstić information content (AvgIpc) is 3.02. The smallest absolute Gasteiger partial charge is 0.239 e. The number of aliphatic hydroxyl groups is 6. The van der Waals surface area contributed by atoms with E-state index in [-0.39, 0.29) is 39.5 Å². The van der Waals surface area contributed by atoms with E-state index in [9.17, 15) is 45.6 Å². The quantitative estimate of drug-likeness (QED) is 0.146. The molecule has 5 rings (SSSR count). The maximum atomic E-state index is 13.8. The van der Waals surface area contributed by atoms with Gasteiger partial charge in [0, 0.05) is 17.7 Å². The van der Waals surface area contributed by atoms with Gasteiger partial charge in [-0.25, -0.2) is 0 Å². The van der Waals surface area contributed by atoms with E-state index >= 15 is 0 Å². The van der Waals surface area contributed by atoms with Crippen molar-refractivity contribution in [1.82, 2.24) is 0 Å². The van der Waals surface area contributed by atoms with Crippen molar-refractivity contribution in [3.05, 3.63) is 40.6 Å². The molecule has 2 aliphatic heterocycles. The van der Waals surface area contributed by atoms with Gasteiger partial charge in [0.25, 0.3) is 0 Å². The van der Waals surface area contributed by atoms with Gasteiger partial charge in [0.15, 0.2) is 23.5 Å². The van der Waals surface area contributed by atoms with E-state index in [0.717, 1.165) is 0 Å². The second kappa shape index (κ2) is 13.0. The summed E-state index contributed by atoms with van der Waals surface area (Å²) >= 11 is 0. The number of phenolic OH excluding ortho intramolecular Hbond substituents is 2. The molecule has 45 heavy (non-hydrogen) atoms. The van der Waals surface area contributed by atoms with Crippen molar-refractivity contribution in [3.63, 3.8) is 0 Å². The van der Waals surface area contributed by atoms with E-state index in [1.807, 2.05) is 0 Å². The van der Waals surface area contributed by atoms with Crippen molar-refractivity contribution in [1.29, 1.82) is 0 Å². The molecular weight excluding hydrogens is 604 g/mol. The van der Waals surface area contributed by atoms with Crippen molar-refractivity contribution < 1.29 is 73.7 Å². The van der Waals surface area contributed by atoms with Gasteiger partial charge in [-0.2, -0.15) is 0 Å². The highest BCUT2D eigenvalue weighted by Crippen LogP contribution is 2.40. The number of benzene rings is 2. The van der Waals surface area contributed by atoms with Crippen LogP contribution in [0.3, 0.4) is 0 Å².